The number of aliphatic hydroxyl groups is 1. The largest absolute Gasteiger partial charge is 0.416 e. The van der Waals surface area contributed by atoms with E-state index in [1.807, 2.05) is 18.7 Å². The number of benzene rings is 1. The van der Waals surface area contributed by atoms with Gasteiger partial charge < -0.3 is 14.9 Å². The van der Waals surface area contributed by atoms with Gasteiger partial charge in [-0.1, -0.05) is 13.8 Å². The van der Waals surface area contributed by atoms with E-state index in [0.717, 1.165) is 12.1 Å². The second-order valence-electron chi connectivity index (χ2n) is 7.51. The summed E-state index contributed by atoms with van der Waals surface area (Å²) in [5.41, 5.74) is 1.28. The molecule has 10 heteroatoms. The molecular weight excluding hydrogens is 391 g/mol. The van der Waals surface area contributed by atoms with Crippen LogP contribution in [0.1, 0.15) is 25.8 Å². The highest BCUT2D eigenvalue weighted by Crippen LogP contribution is 2.31. The number of amides is 2. The molecule has 0 aromatic heterocycles. The molecule has 0 aliphatic carbocycles. The number of carbonyl (C=O) groups excluding carboxylic acids is 2. The summed E-state index contributed by atoms with van der Waals surface area (Å²) >= 11 is 0. The maximum Gasteiger partial charge on any atom is 0.416 e. The lowest BCUT2D eigenvalue weighted by atomic mass is 9.90. The molecule has 0 bridgehead atoms. The standard InChI is InChI=1S/C19H26F3N3O4/c1-12(2)11-15(16(26)17(27)23-29)18(28)25-9-7-24(8-10-25)14-5-3-13(4-6-14)19(20,21)22/h3-6,12,15-16,26,29H,7-11H2,1-2H3,(H,23,27)/t15-,16+/m0/s1. The van der Waals surface area contributed by atoms with Crippen molar-refractivity contribution in [1.82, 2.24) is 10.4 Å². The number of nitrogens with one attached hydrogen (secondary N) is 1. The van der Waals surface area contributed by atoms with E-state index in [1.165, 1.54) is 22.5 Å². The smallest absolute Gasteiger partial charge is 0.382 e. The van der Waals surface area contributed by atoms with Gasteiger partial charge in [0.2, 0.25) is 5.91 Å². The predicted octanol–water partition coefficient (Wildman–Crippen LogP) is 1.88. The van der Waals surface area contributed by atoms with E-state index in [9.17, 15) is 27.9 Å². The average Bonchev–Trinajstić information content (AvgIpc) is 2.70. The van der Waals surface area contributed by atoms with Crippen LogP contribution in [0.15, 0.2) is 24.3 Å². The Hall–Kier alpha value is -2.33. The van der Waals surface area contributed by atoms with Crippen LogP contribution in [-0.4, -0.2) is 59.3 Å². The number of anilines is 1. The third kappa shape index (κ3) is 5.83. The van der Waals surface area contributed by atoms with Crippen molar-refractivity contribution in [1.29, 1.82) is 0 Å². The fraction of sp³-hybridized carbons (Fsp3) is 0.579. The summed E-state index contributed by atoms with van der Waals surface area (Å²) in [6.45, 7) is 5.14. The summed E-state index contributed by atoms with van der Waals surface area (Å²) in [4.78, 5) is 27.8. The number of halogens is 3. The number of hydrogen-bond acceptors (Lipinski definition) is 5. The molecule has 162 valence electrons. The fourth-order valence-corrected chi connectivity index (χ4v) is 3.40. The van der Waals surface area contributed by atoms with Gasteiger partial charge in [0, 0.05) is 31.9 Å². The van der Waals surface area contributed by atoms with Crippen molar-refractivity contribution in [3.05, 3.63) is 29.8 Å². The first-order valence-corrected chi connectivity index (χ1v) is 9.37. The number of piperazine rings is 1. The van der Waals surface area contributed by atoms with Crippen LogP contribution in [0.25, 0.3) is 0 Å². The van der Waals surface area contributed by atoms with Crippen molar-refractivity contribution in [2.75, 3.05) is 31.1 Å². The molecule has 1 heterocycles. The number of carbonyl (C=O) groups is 2. The topological polar surface area (TPSA) is 93.1 Å². The third-order valence-corrected chi connectivity index (χ3v) is 4.95. The third-order valence-electron chi connectivity index (χ3n) is 4.95. The lowest BCUT2D eigenvalue weighted by molar-refractivity contribution is -0.151. The van der Waals surface area contributed by atoms with E-state index in [-0.39, 0.29) is 18.2 Å². The van der Waals surface area contributed by atoms with E-state index in [4.69, 9.17) is 5.21 Å². The van der Waals surface area contributed by atoms with E-state index in [1.54, 1.807) is 0 Å². The van der Waals surface area contributed by atoms with Gasteiger partial charge in [0.25, 0.3) is 5.91 Å². The maximum absolute atomic E-state index is 12.9. The van der Waals surface area contributed by atoms with E-state index < -0.39 is 29.7 Å². The number of alkyl halides is 3. The molecule has 1 aliphatic rings. The molecule has 7 nitrogen and oxygen atoms in total. The van der Waals surface area contributed by atoms with Crippen LogP contribution in [-0.2, 0) is 15.8 Å². The van der Waals surface area contributed by atoms with Gasteiger partial charge >= 0.3 is 6.18 Å². The van der Waals surface area contributed by atoms with E-state index >= 15 is 0 Å². The normalized spacial score (nSPS) is 17.2. The highest BCUT2D eigenvalue weighted by Gasteiger charge is 2.36. The van der Waals surface area contributed by atoms with Gasteiger partial charge in [0.1, 0.15) is 6.10 Å². The molecule has 0 spiro atoms. The molecule has 1 fully saturated rings. The molecule has 2 atom stereocenters. The predicted molar refractivity (Wildman–Crippen MR) is 99.1 cm³/mol. The van der Waals surface area contributed by atoms with Crippen LogP contribution in [0.4, 0.5) is 18.9 Å². The minimum Gasteiger partial charge on any atom is -0.382 e. The zero-order valence-electron chi connectivity index (χ0n) is 16.3. The molecule has 0 saturated carbocycles. The van der Waals surface area contributed by atoms with Gasteiger partial charge in [-0.25, -0.2) is 5.48 Å². The lowest BCUT2D eigenvalue weighted by Crippen LogP contribution is -2.53. The minimum atomic E-state index is -4.39. The molecule has 1 saturated heterocycles. The van der Waals surface area contributed by atoms with Gasteiger partial charge in [-0.2, -0.15) is 13.2 Å². The van der Waals surface area contributed by atoms with Gasteiger partial charge in [0.05, 0.1) is 11.5 Å². The maximum atomic E-state index is 12.9. The molecule has 3 N–H and O–H groups in total. The average molecular weight is 417 g/mol. The Bertz CT molecular complexity index is 702. The molecule has 2 amide bonds. The number of aliphatic hydroxyl groups excluding tert-OH is 1. The number of rotatable bonds is 6. The van der Waals surface area contributed by atoms with Gasteiger partial charge in [-0.15, -0.1) is 0 Å². The number of hydroxylamine groups is 1. The molecule has 0 radical (unpaired) electrons. The number of nitrogens with zero attached hydrogens (tertiary/aromatic N) is 2. The molecule has 2 rings (SSSR count). The Labute approximate surface area is 167 Å². The monoisotopic (exact) mass is 417 g/mol. The summed E-state index contributed by atoms with van der Waals surface area (Å²) in [5, 5.41) is 18.9. The Morgan fingerprint density at radius 3 is 2.10 bits per heavy atom. The van der Waals surface area contributed by atoms with Crippen molar-refractivity contribution in [3.63, 3.8) is 0 Å². The Morgan fingerprint density at radius 1 is 1.10 bits per heavy atom. The second kappa shape index (κ2) is 9.45. The van der Waals surface area contributed by atoms with Crippen LogP contribution < -0.4 is 10.4 Å². The molecular formula is C19H26F3N3O4. The SMILES string of the molecule is CC(C)C[C@H](C(=O)N1CCN(c2ccc(C(F)(F)F)cc2)CC1)[C@@H](O)C(=O)NO. The lowest BCUT2D eigenvalue weighted by Gasteiger charge is -2.38. The summed E-state index contributed by atoms with van der Waals surface area (Å²) in [6, 6.07) is 4.85. The van der Waals surface area contributed by atoms with E-state index in [2.05, 4.69) is 0 Å². The molecule has 1 aliphatic heterocycles. The van der Waals surface area contributed by atoms with Gasteiger partial charge in [-0.3, -0.25) is 14.8 Å². The Balaban J connectivity index is 2.02. The van der Waals surface area contributed by atoms with Crippen LogP contribution in [0, 0.1) is 11.8 Å². The molecule has 0 unspecified atom stereocenters. The van der Waals surface area contributed by atoms with Crippen molar-refractivity contribution in [2.45, 2.75) is 32.5 Å². The van der Waals surface area contributed by atoms with E-state index in [0.29, 0.717) is 31.9 Å². The van der Waals surface area contributed by atoms with Crippen molar-refractivity contribution < 1.29 is 33.1 Å². The number of hydrogen-bond donors (Lipinski definition) is 3. The Morgan fingerprint density at radius 2 is 1.66 bits per heavy atom. The van der Waals surface area contributed by atoms with Crippen LogP contribution in [0.3, 0.4) is 0 Å². The first kappa shape index (κ1) is 23.0. The molecule has 1 aromatic carbocycles. The fourth-order valence-electron chi connectivity index (χ4n) is 3.40. The van der Waals surface area contributed by atoms with Crippen molar-refractivity contribution >= 4 is 17.5 Å². The van der Waals surface area contributed by atoms with Crippen LogP contribution in [0.5, 0.6) is 0 Å². The highest BCUT2D eigenvalue weighted by molar-refractivity contribution is 5.88. The molecule has 1 aromatic rings. The first-order chi connectivity index (χ1) is 13.5. The summed E-state index contributed by atoms with van der Waals surface area (Å²) in [5.74, 6) is -2.37. The first-order valence-electron chi connectivity index (χ1n) is 9.37. The minimum absolute atomic E-state index is 0.0403. The quantitative estimate of drug-likeness (QED) is 0.486. The summed E-state index contributed by atoms with van der Waals surface area (Å²) in [6.07, 6.45) is -5.79. The molecule has 29 heavy (non-hydrogen) atoms. The van der Waals surface area contributed by atoms with Crippen molar-refractivity contribution in [2.24, 2.45) is 11.8 Å². The van der Waals surface area contributed by atoms with Crippen molar-refractivity contribution in [3.8, 4) is 0 Å². The Kier molecular flexibility index (Phi) is 7.48. The zero-order chi connectivity index (χ0) is 21.8. The highest BCUT2D eigenvalue weighted by atomic mass is 19.4. The van der Waals surface area contributed by atoms with Crippen LogP contribution >= 0.6 is 0 Å². The summed E-state index contributed by atoms with van der Waals surface area (Å²) < 4.78 is 38.1. The van der Waals surface area contributed by atoms with Gasteiger partial charge in [0.15, 0.2) is 0 Å². The second-order valence-corrected chi connectivity index (χ2v) is 7.51. The summed E-state index contributed by atoms with van der Waals surface area (Å²) in [7, 11) is 0. The van der Waals surface area contributed by atoms with Crippen LogP contribution in [0.2, 0.25) is 0 Å². The zero-order valence-corrected chi connectivity index (χ0v) is 16.3. The van der Waals surface area contributed by atoms with Gasteiger partial charge in [-0.05, 0) is 36.6 Å².